The molecule has 1 atom stereocenters. The van der Waals surface area contributed by atoms with Crippen molar-refractivity contribution in [2.45, 2.75) is 56.3 Å². The fraction of sp³-hybridized carbons (Fsp3) is 0.435. The monoisotopic (exact) mass is 555 g/mol. The van der Waals surface area contributed by atoms with Crippen molar-refractivity contribution in [2.75, 3.05) is 13.2 Å². The Bertz CT molecular complexity index is 1440. The predicted molar refractivity (Wildman–Crippen MR) is 137 cm³/mol. The van der Waals surface area contributed by atoms with Gasteiger partial charge in [-0.3, -0.25) is 9.59 Å². The molecule has 1 fully saturated rings. The first-order chi connectivity index (χ1) is 16.6. The van der Waals surface area contributed by atoms with Crippen LogP contribution in [0.25, 0.3) is 10.2 Å². The zero-order chi connectivity index (χ0) is 25.3. The summed E-state index contributed by atoms with van der Waals surface area (Å²) in [6.07, 6.45) is 0.929. The molecule has 0 saturated carbocycles. The third-order valence-corrected chi connectivity index (χ3v) is 10.4. The van der Waals surface area contributed by atoms with Crippen LogP contribution in [0.2, 0.25) is 4.34 Å². The molecule has 0 spiro atoms. The second kappa shape index (κ2) is 10.5. The number of aromatic nitrogens is 1. The van der Waals surface area contributed by atoms with Crippen LogP contribution in [0, 0.1) is 0 Å². The molecule has 1 unspecified atom stereocenters. The van der Waals surface area contributed by atoms with Crippen molar-refractivity contribution >= 4 is 66.4 Å². The summed E-state index contributed by atoms with van der Waals surface area (Å²) in [5.74, 6) is -0.680. The Hall–Kier alpha value is -2.05. The first-order valence-corrected chi connectivity index (χ1v) is 14.7. The fourth-order valence-corrected chi connectivity index (χ4v) is 8.36. The summed E-state index contributed by atoms with van der Waals surface area (Å²) in [5, 5.41) is 0. The zero-order valence-corrected chi connectivity index (χ0v) is 22.8. The van der Waals surface area contributed by atoms with Gasteiger partial charge in [0.1, 0.15) is 16.8 Å². The maximum Gasteiger partial charge on any atom is 0.326 e. The van der Waals surface area contributed by atoms with E-state index in [1.807, 2.05) is 18.2 Å². The number of sulfonamides is 1. The van der Waals surface area contributed by atoms with Crippen LogP contribution in [0.5, 0.6) is 0 Å². The number of amides is 1. The molecule has 3 heterocycles. The van der Waals surface area contributed by atoms with E-state index >= 15 is 0 Å². The van der Waals surface area contributed by atoms with Crippen LogP contribution >= 0.6 is 34.3 Å². The minimum atomic E-state index is -3.87. The van der Waals surface area contributed by atoms with Gasteiger partial charge >= 0.3 is 5.97 Å². The van der Waals surface area contributed by atoms with E-state index in [1.165, 1.54) is 27.8 Å². The topological polar surface area (TPSA) is 98.0 Å². The van der Waals surface area contributed by atoms with Gasteiger partial charge in [-0.2, -0.15) is 9.30 Å². The molecule has 4 rings (SSSR count). The first-order valence-electron chi connectivity index (χ1n) is 11.3. The van der Waals surface area contributed by atoms with Gasteiger partial charge in [-0.25, -0.2) is 8.42 Å². The van der Waals surface area contributed by atoms with E-state index in [0.717, 1.165) is 27.1 Å². The first kappa shape index (κ1) is 26.0. The molecule has 1 aliphatic heterocycles. The Kier molecular flexibility index (Phi) is 7.82. The van der Waals surface area contributed by atoms with Crippen LogP contribution in [0.4, 0.5) is 0 Å². The van der Waals surface area contributed by atoms with Crippen LogP contribution in [0.1, 0.15) is 45.1 Å². The molecule has 8 nitrogen and oxygen atoms in total. The summed E-state index contributed by atoms with van der Waals surface area (Å²) in [4.78, 5) is 30.3. The number of hydrogen-bond acceptors (Lipinski definition) is 7. The summed E-state index contributed by atoms with van der Waals surface area (Å²) < 4.78 is 35.7. The molecule has 0 radical (unpaired) electrons. The van der Waals surface area contributed by atoms with Gasteiger partial charge in [-0.05, 0) is 55.5 Å². The van der Waals surface area contributed by atoms with Crippen molar-refractivity contribution in [2.24, 2.45) is 4.99 Å². The van der Waals surface area contributed by atoms with Crippen molar-refractivity contribution in [3.8, 4) is 0 Å². The lowest BCUT2D eigenvalue weighted by Crippen LogP contribution is -2.40. The highest BCUT2D eigenvalue weighted by molar-refractivity contribution is 7.91. The smallest absolute Gasteiger partial charge is 0.326 e. The molecule has 0 bridgehead atoms. The Morgan fingerprint density at radius 1 is 1.23 bits per heavy atom. The molecule has 1 amide bonds. The fourth-order valence-electron chi connectivity index (χ4n) is 4.02. The Morgan fingerprint density at radius 3 is 2.66 bits per heavy atom. The number of ether oxygens (including phenoxy) is 1. The third-order valence-electron chi connectivity index (χ3n) is 5.77. The van der Waals surface area contributed by atoms with Gasteiger partial charge in [0.25, 0.3) is 15.9 Å². The highest BCUT2D eigenvalue weighted by Gasteiger charge is 2.40. The van der Waals surface area contributed by atoms with E-state index in [4.69, 9.17) is 16.3 Å². The van der Waals surface area contributed by atoms with Gasteiger partial charge < -0.3 is 9.30 Å². The summed E-state index contributed by atoms with van der Waals surface area (Å²) in [6.45, 7) is 6.29. The number of thiazole rings is 1. The van der Waals surface area contributed by atoms with Crippen molar-refractivity contribution < 1.29 is 22.7 Å². The minimum absolute atomic E-state index is 0.0959. The predicted octanol–water partition coefficient (Wildman–Crippen LogP) is 4.38. The standard InChI is InChI=1S/C23H26ClN3O5S3/c1-4-32-20(28)13-26-16-8-7-15(14(2)3)12-18(16)33-23(26)25-22(29)17-6-5-11-27(17)35(30,31)21-10-9-19(24)34-21/h7-10,12,14,17H,4-6,11,13H2,1-3H3. The summed E-state index contributed by atoms with van der Waals surface area (Å²) in [6, 6.07) is 8.00. The van der Waals surface area contributed by atoms with Gasteiger partial charge in [0.05, 0.1) is 21.2 Å². The zero-order valence-electron chi connectivity index (χ0n) is 19.6. The van der Waals surface area contributed by atoms with E-state index in [1.54, 1.807) is 11.5 Å². The second-order valence-electron chi connectivity index (χ2n) is 8.44. The number of fused-ring (bicyclic) bond motifs is 1. The third kappa shape index (κ3) is 5.39. The average molecular weight is 556 g/mol. The Labute approximate surface area is 216 Å². The molecule has 1 aliphatic rings. The van der Waals surface area contributed by atoms with E-state index in [9.17, 15) is 18.0 Å². The van der Waals surface area contributed by atoms with E-state index in [-0.39, 0.29) is 23.9 Å². The van der Waals surface area contributed by atoms with Crippen LogP contribution in [-0.2, 0) is 30.9 Å². The summed E-state index contributed by atoms with van der Waals surface area (Å²) in [5.41, 5.74) is 1.89. The van der Waals surface area contributed by atoms with Gasteiger partial charge in [-0.1, -0.05) is 42.9 Å². The molecule has 0 N–H and O–H groups in total. The molecule has 188 valence electrons. The molecule has 1 saturated heterocycles. The highest BCUT2D eigenvalue weighted by atomic mass is 35.5. The molecule has 1 aromatic carbocycles. The molecule has 12 heteroatoms. The van der Waals surface area contributed by atoms with Gasteiger partial charge in [0, 0.05) is 6.54 Å². The Balaban J connectivity index is 1.74. The number of carbonyl (C=O) groups excluding carboxylic acids is 2. The molecular formula is C23H26ClN3O5S3. The number of rotatable bonds is 7. The Morgan fingerprint density at radius 2 is 2.00 bits per heavy atom. The van der Waals surface area contributed by atoms with Crippen molar-refractivity contribution in [3.05, 3.63) is 45.0 Å². The lowest BCUT2D eigenvalue weighted by Gasteiger charge is -2.20. The molecule has 0 aliphatic carbocycles. The van der Waals surface area contributed by atoms with Crippen molar-refractivity contribution in [1.29, 1.82) is 0 Å². The number of carbonyl (C=O) groups is 2. The normalized spacial score (nSPS) is 17.5. The SMILES string of the molecule is CCOC(=O)Cn1c(=NC(=O)C2CCCN2S(=O)(=O)c2ccc(Cl)s2)sc2cc(C(C)C)ccc21. The summed E-state index contributed by atoms with van der Waals surface area (Å²) in [7, 11) is -3.87. The highest BCUT2D eigenvalue weighted by Crippen LogP contribution is 2.32. The van der Waals surface area contributed by atoms with Crippen LogP contribution in [0.15, 0.2) is 39.5 Å². The summed E-state index contributed by atoms with van der Waals surface area (Å²) >= 11 is 8.20. The molecule has 2 aromatic heterocycles. The number of esters is 1. The molecule has 35 heavy (non-hydrogen) atoms. The number of benzene rings is 1. The van der Waals surface area contributed by atoms with Gasteiger partial charge in [0.2, 0.25) is 0 Å². The van der Waals surface area contributed by atoms with Crippen molar-refractivity contribution in [1.82, 2.24) is 8.87 Å². The van der Waals surface area contributed by atoms with E-state index in [2.05, 4.69) is 18.8 Å². The lowest BCUT2D eigenvalue weighted by atomic mass is 10.0. The van der Waals surface area contributed by atoms with Crippen LogP contribution < -0.4 is 4.80 Å². The lowest BCUT2D eigenvalue weighted by molar-refractivity contribution is -0.143. The number of nitrogens with zero attached hydrogens (tertiary/aromatic N) is 3. The van der Waals surface area contributed by atoms with E-state index in [0.29, 0.717) is 27.9 Å². The maximum atomic E-state index is 13.3. The van der Waals surface area contributed by atoms with Gasteiger partial charge in [-0.15, -0.1) is 11.3 Å². The minimum Gasteiger partial charge on any atom is -0.465 e. The number of halogens is 1. The number of thiophene rings is 1. The van der Waals surface area contributed by atoms with Crippen LogP contribution in [-0.4, -0.2) is 48.4 Å². The second-order valence-corrected chi connectivity index (χ2v) is 13.3. The average Bonchev–Trinajstić information content (AvgIpc) is 3.53. The van der Waals surface area contributed by atoms with E-state index < -0.39 is 27.9 Å². The molecular weight excluding hydrogens is 530 g/mol. The maximum absolute atomic E-state index is 13.3. The van der Waals surface area contributed by atoms with Crippen LogP contribution in [0.3, 0.4) is 0 Å². The van der Waals surface area contributed by atoms with Crippen molar-refractivity contribution in [3.63, 3.8) is 0 Å². The largest absolute Gasteiger partial charge is 0.465 e. The molecule has 3 aromatic rings. The van der Waals surface area contributed by atoms with Gasteiger partial charge in [0.15, 0.2) is 4.80 Å². The number of hydrogen-bond donors (Lipinski definition) is 0. The quantitative estimate of drug-likeness (QED) is 0.403.